The van der Waals surface area contributed by atoms with Crippen molar-refractivity contribution in [1.82, 2.24) is 19.9 Å². The average Bonchev–Trinajstić information content (AvgIpc) is 2.96. The molecular formula is C27H27N5O6S. The van der Waals surface area contributed by atoms with Crippen molar-refractivity contribution in [3.63, 3.8) is 0 Å². The van der Waals surface area contributed by atoms with Gasteiger partial charge in [-0.25, -0.2) is 23.4 Å². The Balaban J connectivity index is 1.88. The van der Waals surface area contributed by atoms with E-state index in [9.17, 15) is 13.2 Å². The van der Waals surface area contributed by atoms with E-state index in [1.807, 2.05) is 6.92 Å². The van der Waals surface area contributed by atoms with Crippen LogP contribution in [0.3, 0.4) is 0 Å². The van der Waals surface area contributed by atoms with Gasteiger partial charge in [0.1, 0.15) is 6.61 Å². The molecular weight excluding hydrogens is 522 g/mol. The number of nitrogens with one attached hydrogen (secondary N) is 1. The van der Waals surface area contributed by atoms with Crippen LogP contribution in [0.1, 0.15) is 25.3 Å². The van der Waals surface area contributed by atoms with E-state index in [-0.39, 0.29) is 46.3 Å². The van der Waals surface area contributed by atoms with Crippen LogP contribution in [0.15, 0.2) is 71.9 Å². The standard InChI is InChI=1S/C27H27N5O6S/c1-3-4-10-19-11-5-8-14-22(19)39(34,35)32-24-23(38-21-13-7-6-12-20(21)36-2)27(37-18-17-33)31-26(30-24)25-28-15-9-16-29-25/h5-9,11-17H,3-4,10,18H2,1-2H3,(H,30,31,32). The summed E-state index contributed by atoms with van der Waals surface area (Å²) < 4.78 is 46.9. The number of hydrogen-bond donors (Lipinski definition) is 1. The number of para-hydroxylation sites is 2. The smallest absolute Gasteiger partial charge is 0.264 e. The molecule has 0 fully saturated rings. The molecule has 4 aromatic rings. The summed E-state index contributed by atoms with van der Waals surface area (Å²) in [5.74, 6) is 0.0876. The van der Waals surface area contributed by atoms with Crippen LogP contribution in [0.4, 0.5) is 5.82 Å². The van der Waals surface area contributed by atoms with Crippen molar-refractivity contribution in [3.8, 4) is 34.8 Å². The maximum absolute atomic E-state index is 13.7. The Labute approximate surface area is 226 Å². The van der Waals surface area contributed by atoms with Gasteiger partial charge in [-0.1, -0.05) is 43.7 Å². The van der Waals surface area contributed by atoms with Crippen molar-refractivity contribution in [2.24, 2.45) is 0 Å². The quantitative estimate of drug-likeness (QED) is 0.238. The molecule has 2 aromatic carbocycles. The van der Waals surface area contributed by atoms with Crippen molar-refractivity contribution in [2.75, 3.05) is 18.4 Å². The first-order chi connectivity index (χ1) is 19.0. The lowest BCUT2D eigenvalue weighted by Gasteiger charge is -2.18. The van der Waals surface area contributed by atoms with Crippen molar-refractivity contribution in [3.05, 3.63) is 72.6 Å². The van der Waals surface area contributed by atoms with Crippen LogP contribution in [0, 0.1) is 0 Å². The molecule has 0 radical (unpaired) electrons. The summed E-state index contributed by atoms with van der Waals surface area (Å²) in [6.07, 6.45) is 5.82. The first-order valence-electron chi connectivity index (χ1n) is 12.1. The molecule has 2 aromatic heterocycles. The SMILES string of the molecule is CCCCc1ccccc1S(=O)(=O)Nc1nc(-c2ncccn2)nc(OCC=O)c1Oc1ccccc1OC. The number of aromatic nitrogens is 4. The van der Waals surface area contributed by atoms with Crippen LogP contribution in [0.25, 0.3) is 11.6 Å². The van der Waals surface area contributed by atoms with Crippen molar-refractivity contribution >= 4 is 22.1 Å². The van der Waals surface area contributed by atoms with Gasteiger partial charge in [-0.05, 0) is 42.7 Å². The number of carbonyl (C=O) groups is 1. The van der Waals surface area contributed by atoms with Gasteiger partial charge >= 0.3 is 0 Å². The van der Waals surface area contributed by atoms with Gasteiger partial charge in [0, 0.05) is 12.4 Å². The second-order valence-electron chi connectivity index (χ2n) is 8.15. The number of aldehydes is 1. The molecule has 0 aliphatic carbocycles. The van der Waals surface area contributed by atoms with E-state index < -0.39 is 10.0 Å². The molecule has 12 heteroatoms. The number of aryl methyl sites for hydroxylation is 1. The third-order valence-electron chi connectivity index (χ3n) is 5.46. The first kappa shape index (κ1) is 27.5. The highest BCUT2D eigenvalue weighted by Gasteiger charge is 2.27. The van der Waals surface area contributed by atoms with Crippen molar-refractivity contribution in [1.29, 1.82) is 0 Å². The Kier molecular flexibility index (Phi) is 9.00. The second-order valence-corrected chi connectivity index (χ2v) is 9.80. The predicted molar refractivity (Wildman–Crippen MR) is 144 cm³/mol. The van der Waals surface area contributed by atoms with E-state index in [0.29, 0.717) is 24.0 Å². The van der Waals surface area contributed by atoms with Gasteiger partial charge in [-0.15, -0.1) is 0 Å². The highest BCUT2D eigenvalue weighted by atomic mass is 32.2. The summed E-state index contributed by atoms with van der Waals surface area (Å²) in [5, 5.41) is 0. The maximum Gasteiger partial charge on any atom is 0.264 e. The van der Waals surface area contributed by atoms with E-state index in [1.165, 1.54) is 25.6 Å². The predicted octanol–water partition coefficient (Wildman–Crippen LogP) is 4.46. The van der Waals surface area contributed by atoms with E-state index in [0.717, 1.165) is 12.8 Å². The molecule has 0 unspecified atom stereocenters. The number of ether oxygens (including phenoxy) is 3. The number of methoxy groups -OCH3 is 1. The molecule has 0 atom stereocenters. The second kappa shape index (κ2) is 12.8. The van der Waals surface area contributed by atoms with Gasteiger partial charge in [0.25, 0.3) is 15.9 Å². The molecule has 0 amide bonds. The summed E-state index contributed by atoms with van der Waals surface area (Å²) in [5.41, 5.74) is 0.664. The van der Waals surface area contributed by atoms with Crippen LogP contribution < -0.4 is 18.9 Å². The molecule has 2 heterocycles. The summed E-state index contributed by atoms with van der Waals surface area (Å²) in [6.45, 7) is 1.66. The minimum absolute atomic E-state index is 0.0409. The normalized spacial score (nSPS) is 11.0. The zero-order valence-corrected chi connectivity index (χ0v) is 22.2. The largest absolute Gasteiger partial charge is 0.493 e. The van der Waals surface area contributed by atoms with Gasteiger partial charge < -0.3 is 14.2 Å². The fourth-order valence-electron chi connectivity index (χ4n) is 3.65. The fourth-order valence-corrected chi connectivity index (χ4v) is 4.93. The Hall–Kier alpha value is -4.58. The summed E-state index contributed by atoms with van der Waals surface area (Å²) in [6, 6.07) is 15.1. The van der Waals surface area contributed by atoms with Crippen molar-refractivity contribution in [2.45, 2.75) is 31.1 Å². The van der Waals surface area contributed by atoms with E-state index in [4.69, 9.17) is 14.2 Å². The molecule has 0 spiro atoms. The number of benzene rings is 2. The zero-order valence-electron chi connectivity index (χ0n) is 21.4. The third kappa shape index (κ3) is 6.65. The van der Waals surface area contributed by atoms with Crippen LogP contribution in [0.2, 0.25) is 0 Å². The van der Waals surface area contributed by atoms with Crippen LogP contribution in [-0.2, 0) is 21.2 Å². The Morgan fingerprint density at radius 2 is 1.64 bits per heavy atom. The monoisotopic (exact) mass is 549 g/mol. The van der Waals surface area contributed by atoms with Crippen molar-refractivity contribution < 1.29 is 27.4 Å². The minimum atomic E-state index is -4.16. The molecule has 4 rings (SSSR count). The summed E-state index contributed by atoms with van der Waals surface area (Å²) in [7, 11) is -2.69. The number of hydrogen-bond acceptors (Lipinski definition) is 10. The topological polar surface area (TPSA) is 142 Å². The molecule has 39 heavy (non-hydrogen) atoms. The molecule has 0 saturated carbocycles. The van der Waals surface area contributed by atoms with Gasteiger partial charge in [0.05, 0.1) is 12.0 Å². The molecule has 1 N–H and O–H groups in total. The van der Waals surface area contributed by atoms with Gasteiger partial charge in [-0.2, -0.15) is 4.98 Å². The molecule has 0 saturated heterocycles. The third-order valence-corrected chi connectivity index (χ3v) is 6.90. The van der Waals surface area contributed by atoms with Crippen LogP contribution >= 0.6 is 0 Å². The van der Waals surface area contributed by atoms with Gasteiger partial charge in [0.2, 0.25) is 11.6 Å². The number of carbonyl (C=O) groups excluding carboxylic acids is 1. The Morgan fingerprint density at radius 3 is 2.36 bits per heavy atom. The highest BCUT2D eigenvalue weighted by molar-refractivity contribution is 7.92. The van der Waals surface area contributed by atoms with E-state index >= 15 is 0 Å². The maximum atomic E-state index is 13.7. The Bertz CT molecular complexity index is 1530. The van der Waals surface area contributed by atoms with Gasteiger partial charge in [0.15, 0.2) is 29.4 Å². The number of nitrogens with zero attached hydrogens (tertiary/aromatic N) is 4. The lowest BCUT2D eigenvalue weighted by Crippen LogP contribution is -2.18. The molecule has 11 nitrogen and oxygen atoms in total. The summed E-state index contributed by atoms with van der Waals surface area (Å²) >= 11 is 0. The lowest BCUT2D eigenvalue weighted by molar-refractivity contribution is -0.109. The average molecular weight is 550 g/mol. The first-order valence-corrected chi connectivity index (χ1v) is 13.6. The number of sulfonamides is 1. The molecule has 0 bridgehead atoms. The number of anilines is 1. The Morgan fingerprint density at radius 1 is 0.923 bits per heavy atom. The van der Waals surface area contributed by atoms with E-state index in [2.05, 4.69) is 24.7 Å². The lowest BCUT2D eigenvalue weighted by atomic mass is 10.1. The van der Waals surface area contributed by atoms with Gasteiger partial charge in [-0.3, -0.25) is 9.52 Å². The molecule has 0 aliphatic rings. The highest BCUT2D eigenvalue weighted by Crippen LogP contribution is 2.41. The van der Waals surface area contributed by atoms with Crippen LogP contribution in [0.5, 0.6) is 23.1 Å². The van der Waals surface area contributed by atoms with E-state index in [1.54, 1.807) is 48.5 Å². The minimum Gasteiger partial charge on any atom is -0.493 e. The summed E-state index contributed by atoms with van der Waals surface area (Å²) in [4.78, 5) is 28.3. The number of unbranched alkanes of at least 4 members (excludes halogenated alkanes) is 1. The molecule has 0 aliphatic heterocycles. The molecule has 202 valence electrons. The zero-order chi connectivity index (χ0) is 27.7. The van der Waals surface area contributed by atoms with Crippen LogP contribution in [-0.4, -0.2) is 48.4 Å². The number of rotatable bonds is 13. The fraction of sp³-hybridized carbons (Fsp3) is 0.222.